The second-order valence-corrected chi connectivity index (χ2v) is 10.1. The fourth-order valence-electron chi connectivity index (χ4n) is 5.01. The predicted octanol–water partition coefficient (Wildman–Crippen LogP) is 3.50. The molecule has 2 amide bonds. The summed E-state index contributed by atoms with van der Waals surface area (Å²) in [5, 5.41) is 11.5. The van der Waals surface area contributed by atoms with Gasteiger partial charge >= 0.3 is 12.1 Å². The Kier molecular flexibility index (Phi) is 6.32. The second-order valence-electron chi connectivity index (χ2n) is 8.79. The summed E-state index contributed by atoms with van der Waals surface area (Å²) in [4.78, 5) is 38.3. The first-order valence-corrected chi connectivity index (χ1v) is 12.5. The molecule has 3 atom stereocenters. The van der Waals surface area contributed by atoms with Crippen molar-refractivity contribution in [1.29, 1.82) is 0 Å². The van der Waals surface area contributed by atoms with Gasteiger partial charge < -0.3 is 20.1 Å². The summed E-state index contributed by atoms with van der Waals surface area (Å²) in [6.07, 6.45) is 3.56. The molecular formula is C26H26N2O5S. The maximum absolute atomic E-state index is 12.9. The number of alkyl carbamates (subject to hydrolysis) is 1. The Balaban J connectivity index is 1.14. The molecule has 0 spiro atoms. The van der Waals surface area contributed by atoms with E-state index in [0.29, 0.717) is 18.7 Å². The smallest absolute Gasteiger partial charge is 0.407 e. The number of carboxylic acids is 1. The molecule has 0 bridgehead atoms. The van der Waals surface area contributed by atoms with Gasteiger partial charge in [0.05, 0.1) is 12.0 Å². The first-order valence-electron chi connectivity index (χ1n) is 11.4. The van der Waals surface area contributed by atoms with Crippen molar-refractivity contribution in [3.8, 4) is 11.1 Å². The number of carboxylic acid groups (broad SMARTS) is 1. The van der Waals surface area contributed by atoms with Gasteiger partial charge in [0.2, 0.25) is 5.91 Å². The van der Waals surface area contributed by atoms with Crippen LogP contribution >= 0.6 is 11.8 Å². The van der Waals surface area contributed by atoms with E-state index >= 15 is 0 Å². The first-order chi connectivity index (χ1) is 16.5. The molecule has 3 unspecified atom stereocenters. The van der Waals surface area contributed by atoms with Crippen molar-refractivity contribution < 1.29 is 24.2 Å². The van der Waals surface area contributed by atoms with Crippen LogP contribution in [0.4, 0.5) is 4.79 Å². The van der Waals surface area contributed by atoms with Crippen LogP contribution < -0.4 is 5.32 Å². The van der Waals surface area contributed by atoms with Crippen molar-refractivity contribution in [2.45, 2.75) is 23.6 Å². The first kappa shape index (κ1) is 22.5. The van der Waals surface area contributed by atoms with Gasteiger partial charge in [-0.2, -0.15) is 0 Å². The SMILES string of the molecule is O=C(NC1C=CC(C(=O)N2CCSC(C(=O)O)C2)C1)OCC1c2ccccc2-c2ccccc21. The Morgan fingerprint density at radius 1 is 1.03 bits per heavy atom. The van der Waals surface area contributed by atoms with E-state index < -0.39 is 17.3 Å². The molecule has 3 aliphatic rings. The lowest BCUT2D eigenvalue weighted by molar-refractivity contribution is -0.138. The number of rotatable bonds is 5. The Morgan fingerprint density at radius 3 is 2.38 bits per heavy atom. The van der Waals surface area contributed by atoms with Gasteiger partial charge in [-0.3, -0.25) is 9.59 Å². The highest BCUT2D eigenvalue weighted by Crippen LogP contribution is 2.44. The van der Waals surface area contributed by atoms with Crippen LogP contribution in [0.3, 0.4) is 0 Å². The molecule has 0 aromatic heterocycles. The normalized spacial score (nSPS) is 23.3. The number of thioether (sulfide) groups is 1. The van der Waals surface area contributed by atoms with E-state index in [1.165, 1.54) is 22.9 Å². The number of aliphatic carboxylic acids is 1. The average molecular weight is 479 g/mol. The van der Waals surface area contributed by atoms with E-state index in [1.54, 1.807) is 11.0 Å². The molecule has 1 heterocycles. The van der Waals surface area contributed by atoms with Crippen LogP contribution in [0.15, 0.2) is 60.7 Å². The molecule has 176 valence electrons. The van der Waals surface area contributed by atoms with Gasteiger partial charge in [0.25, 0.3) is 0 Å². The van der Waals surface area contributed by atoms with E-state index in [9.17, 15) is 19.5 Å². The molecule has 2 aromatic carbocycles. The molecule has 1 saturated heterocycles. The van der Waals surface area contributed by atoms with Crippen LogP contribution in [0.2, 0.25) is 0 Å². The van der Waals surface area contributed by atoms with E-state index in [2.05, 4.69) is 29.6 Å². The number of carbonyl (C=O) groups excluding carboxylic acids is 2. The average Bonchev–Trinajstić information content (AvgIpc) is 3.45. The minimum atomic E-state index is -0.890. The number of fused-ring (bicyclic) bond motifs is 3. The van der Waals surface area contributed by atoms with Crippen LogP contribution in [0.1, 0.15) is 23.5 Å². The van der Waals surface area contributed by atoms with Crippen molar-refractivity contribution in [3.63, 3.8) is 0 Å². The lowest BCUT2D eigenvalue weighted by atomic mass is 9.98. The Labute approximate surface area is 202 Å². The van der Waals surface area contributed by atoms with E-state index in [1.807, 2.05) is 30.3 Å². The minimum absolute atomic E-state index is 0.00857. The van der Waals surface area contributed by atoms with Gasteiger partial charge in [0.15, 0.2) is 0 Å². The van der Waals surface area contributed by atoms with Gasteiger partial charge in [-0.05, 0) is 28.7 Å². The lowest BCUT2D eigenvalue weighted by Crippen LogP contribution is -2.46. The highest BCUT2D eigenvalue weighted by atomic mass is 32.2. The third kappa shape index (κ3) is 4.42. The summed E-state index contributed by atoms with van der Waals surface area (Å²) in [7, 11) is 0. The standard InChI is InChI=1S/C26H26N2O5S/c29-24(28-11-12-34-23(14-28)25(30)31)16-9-10-17(13-16)27-26(32)33-15-22-20-7-3-1-5-18(20)19-6-2-4-8-21(19)22/h1-10,16-17,22-23H,11-15H2,(H,27,32)(H,30,31). The maximum Gasteiger partial charge on any atom is 0.407 e. The molecule has 0 radical (unpaired) electrons. The Morgan fingerprint density at radius 2 is 1.71 bits per heavy atom. The maximum atomic E-state index is 12.9. The second kappa shape index (κ2) is 9.54. The van der Waals surface area contributed by atoms with Crippen molar-refractivity contribution in [1.82, 2.24) is 10.2 Å². The zero-order valence-electron chi connectivity index (χ0n) is 18.6. The Bertz CT molecular complexity index is 1100. The van der Waals surface area contributed by atoms with Gasteiger partial charge in [-0.1, -0.05) is 60.7 Å². The van der Waals surface area contributed by atoms with E-state index in [0.717, 1.165) is 11.1 Å². The predicted molar refractivity (Wildman–Crippen MR) is 130 cm³/mol. The molecule has 2 aliphatic carbocycles. The quantitative estimate of drug-likeness (QED) is 0.639. The molecule has 2 N–H and O–H groups in total. The molecule has 0 saturated carbocycles. The molecule has 1 aliphatic heterocycles. The third-order valence-electron chi connectivity index (χ3n) is 6.70. The van der Waals surface area contributed by atoms with Gasteiger partial charge in [-0.15, -0.1) is 11.8 Å². The highest BCUT2D eigenvalue weighted by molar-refractivity contribution is 8.00. The topological polar surface area (TPSA) is 95.9 Å². The largest absolute Gasteiger partial charge is 0.480 e. The van der Waals surface area contributed by atoms with Gasteiger partial charge in [0, 0.05) is 24.8 Å². The van der Waals surface area contributed by atoms with E-state index in [-0.39, 0.29) is 36.9 Å². The Hall–Kier alpha value is -3.26. The van der Waals surface area contributed by atoms with E-state index in [4.69, 9.17) is 4.74 Å². The van der Waals surface area contributed by atoms with Crippen molar-refractivity contribution in [3.05, 3.63) is 71.8 Å². The fraction of sp³-hybridized carbons (Fsp3) is 0.346. The summed E-state index contributed by atoms with van der Waals surface area (Å²) in [6.45, 7) is 0.996. The number of ether oxygens (including phenoxy) is 1. The summed E-state index contributed by atoms with van der Waals surface area (Å²) < 4.78 is 5.61. The zero-order chi connectivity index (χ0) is 23.7. The molecule has 7 nitrogen and oxygen atoms in total. The highest BCUT2D eigenvalue weighted by Gasteiger charge is 2.34. The zero-order valence-corrected chi connectivity index (χ0v) is 19.4. The van der Waals surface area contributed by atoms with Crippen LogP contribution in [0.25, 0.3) is 11.1 Å². The molecule has 2 aromatic rings. The molecule has 1 fully saturated rings. The van der Waals surface area contributed by atoms with Crippen LogP contribution in [0.5, 0.6) is 0 Å². The number of benzene rings is 2. The van der Waals surface area contributed by atoms with Crippen molar-refractivity contribution >= 4 is 29.7 Å². The molecule has 34 heavy (non-hydrogen) atoms. The monoisotopic (exact) mass is 478 g/mol. The number of carbonyl (C=O) groups is 3. The summed E-state index contributed by atoms with van der Waals surface area (Å²) in [5.41, 5.74) is 4.66. The number of hydrogen-bond donors (Lipinski definition) is 2. The van der Waals surface area contributed by atoms with Gasteiger partial charge in [0.1, 0.15) is 11.9 Å². The van der Waals surface area contributed by atoms with Crippen molar-refractivity contribution in [2.24, 2.45) is 5.92 Å². The molecular weight excluding hydrogens is 452 g/mol. The minimum Gasteiger partial charge on any atom is -0.480 e. The number of nitrogens with zero attached hydrogens (tertiary/aromatic N) is 1. The van der Waals surface area contributed by atoms with Crippen molar-refractivity contribution in [2.75, 3.05) is 25.4 Å². The third-order valence-corrected chi connectivity index (χ3v) is 7.87. The molecule has 5 rings (SSSR count). The molecule has 8 heteroatoms. The number of amides is 2. The van der Waals surface area contributed by atoms with Crippen LogP contribution in [-0.2, 0) is 14.3 Å². The van der Waals surface area contributed by atoms with Crippen LogP contribution in [-0.4, -0.2) is 64.7 Å². The fourth-order valence-corrected chi connectivity index (χ4v) is 6.05. The number of hydrogen-bond acceptors (Lipinski definition) is 5. The summed E-state index contributed by atoms with van der Waals surface area (Å²) >= 11 is 1.37. The number of nitrogens with one attached hydrogen (secondary N) is 1. The summed E-state index contributed by atoms with van der Waals surface area (Å²) in [6, 6.07) is 16.1. The summed E-state index contributed by atoms with van der Waals surface area (Å²) in [5.74, 6) is -0.735. The van der Waals surface area contributed by atoms with Crippen LogP contribution in [0, 0.1) is 5.92 Å². The lowest BCUT2D eigenvalue weighted by Gasteiger charge is -2.32. The van der Waals surface area contributed by atoms with Gasteiger partial charge in [-0.25, -0.2) is 4.79 Å².